The molecule has 0 spiro atoms. The quantitative estimate of drug-likeness (QED) is 0.358. The number of nitriles is 1. The summed E-state index contributed by atoms with van der Waals surface area (Å²) in [5.41, 5.74) is 6.50. The van der Waals surface area contributed by atoms with Gasteiger partial charge in [-0.3, -0.25) is 0 Å². The molecular formula is C27H25N3O2. The van der Waals surface area contributed by atoms with E-state index >= 15 is 0 Å². The van der Waals surface area contributed by atoms with Gasteiger partial charge in [0, 0.05) is 0 Å². The standard InChI is InChI=1S/C27H25N3O2/c1-4-31-26-15-21(10-11-25(26)32-17-20-8-6-5-7-9-20)14-22(16-28)27-29-23-12-18(2)19(3)13-24(23)30-27/h5-15H,4,17H2,1-3H3,(H,29,30). The van der Waals surface area contributed by atoms with E-state index in [0.29, 0.717) is 36.1 Å². The Morgan fingerprint density at radius 1 is 1.00 bits per heavy atom. The molecule has 0 unspecified atom stereocenters. The minimum absolute atomic E-state index is 0.455. The lowest BCUT2D eigenvalue weighted by atomic mass is 10.1. The molecule has 1 heterocycles. The molecule has 0 atom stereocenters. The molecule has 5 nitrogen and oxygen atoms in total. The van der Waals surface area contributed by atoms with E-state index in [0.717, 1.165) is 22.2 Å². The molecule has 0 fully saturated rings. The first-order chi connectivity index (χ1) is 15.6. The predicted molar refractivity (Wildman–Crippen MR) is 127 cm³/mol. The van der Waals surface area contributed by atoms with Gasteiger partial charge in [-0.05, 0) is 73.4 Å². The number of H-pyrrole nitrogens is 1. The third-order valence-corrected chi connectivity index (χ3v) is 5.29. The van der Waals surface area contributed by atoms with E-state index in [1.807, 2.05) is 61.5 Å². The van der Waals surface area contributed by atoms with E-state index in [1.165, 1.54) is 11.1 Å². The number of hydrogen-bond donors (Lipinski definition) is 1. The molecule has 0 saturated heterocycles. The van der Waals surface area contributed by atoms with E-state index in [9.17, 15) is 5.26 Å². The van der Waals surface area contributed by atoms with Gasteiger partial charge in [-0.2, -0.15) is 5.26 Å². The van der Waals surface area contributed by atoms with Crippen molar-refractivity contribution in [2.24, 2.45) is 0 Å². The summed E-state index contributed by atoms with van der Waals surface area (Å²) in [6, 6.07) is 22.0. The van der Waals surface area contributed by atoms with Crippen LogP contribution >= 0.6 is 0 Å². The van der Waals surface area contributed by atoms with E-state index in [-0.39, 0.29) is 0 Å². The third kappa shape index (κ3) is 4.65. The summed E-state index contributed by atoms with van der Waals surface area (Å²) in [6.07, 6.45) is 1.81. The summed E-state index contributed by atoms with van der Waals surface area (Å²) in [6.45, 7) is 7.02. The number of ether oxygens (including phenoxy) is 2. The van der Waals surface area contributed by atoms with E-state index in [2.05, 4.69) is 36.0 Å². The van der Waals surface area contributed by atoms with E-state index < -0.39 is 0 Å². The van der Waals surface area contributed by atoms with Crippen molar-refractivity contribution >= 4 is 22.7 Å². The summed E-state index contributed by atoms with van der Waals surface area (Å²) in [5.74, 6) is 1.86. The molecule has 0 saturated carbocycles. The number of aromatic nitrogens is 2. The summed E-state index contributed by atoms with van der Waals surface area (Å²) < 4.78 is 11.8. The highest BCUT2D eigenvalue weighted by molar-refractivity contribution is 5.90. The zero-order chi connectivity index (χ0) is 22.5. The van der Waals surface area contributed by atoms with Crippen LogP contribution in [-0.4, -0.2) is 16.6 Å². The van der Waals surface area contributed by atoms with Crippen LogP contribution in [0, 0.1) is 25.2 Å². The van der Waals surface area contributed by atoms with Crippen molar-refractivity contribution < 1.29 is 9.47 Å². The smallest absolute Gasteiger partial charge is 0.161 e. The third-order valence-electron chi connectivity index (χ3n) is 5.29. The molecule has 32 heavy (non-hydrogen) atoms. The highest BCUT2D eigenvalue weighted by atomic mass is 16.5. The number of aryl methyl sites for hydroxylation is 2. The second-order valence-electron chi connectivity index (χ2n) is 7.62. The van der Waals surface area contributed by atoms with Crippen molar-refractivity contribution in [1.82, 2.24) is 9.97 Å². The SMILES string of the molecule is CCOc1cc(C=C(C#N)c2nc3cc(C)c(C)cc3[nH]2)ccc1OCc1ccccc1. The lowest BCUT2D eigenvalue weighted by Gasteiger charge is -2.13. The first kappa shape index (κ1) is 21.2. The molecule has 5 heteroatoms. The van der Waals surface area contributed by atoms with Crippen LogP contribution in [0.1, 0.15) is 35.0 Å². The first-order valence-electron chi connectivity index (χ1n) is 10.6. The molecule has 0 aliphatic rings. The Balaban J connectivity index is 1.63. The summed E-state index contributed by atoms with van der Waals surface area (Å²) in [4.78, 5) is 7.89. The minimum Gasteiger partial charge on any atom is -0.490 e. The van der Waals surface area contributed by atoms with Crippen LogP contribution in [0.25, 0.3) is 22.7 Å². The topological polar surface area (TPSA) is 70.9 Å². The monoisotopic (exact) mass is 423 g/mol. The van der Waals surface area contributed by atoms with Crippen molar-refractivity contribution in [3.8, 4) is 17.6 Å². The van der Waals surface area contributed by atoms with Crippen LogP contribution in [0.3, 0.4) is 0 Å². The van der Waals surface area contributed by atoms with Crippen LogP contribution in [0.5, 0.6) is 11.5 Å². The van der Waals surface area contributed by atoms with Crippen LogP contribution in [0.4, 0.5) is 0 Å². The Hall–Kier alpha value is -4.04. The number of aromatic amines is 1. The summed E-state index contributed by atoms with van der Waals surface area (Å²) in [5, 5.41) is 9.78. The van der Waals surface area contributed by atoms with Gasteiger partial charge < -0.3 is 14.5 Å². The van der Waals surface area contributed by atoms with Crippen molar-refractivity contribution in [2.45, 2.75) is 27.4 Å². The molecule has 160 valence electrons. The second kappa shape index (κ2) is 9.40. The Labute approximate surface area is 188 Å². The van der Waals surface area contributed by atoms with Crippen LogP contribution in [-0.2, 0) is 6.61 Å². The Morgan fingerprint density at radius 2 is 1.78 bits per heavy atom. The molecule has 1 aromatic heterocycles. The number of benzene rings is 3. The van der Waals surface area contributed by atoms with Crippen LogP contribution in [0.15, 0.2) is 60.7 Å². The molecule has 4 rings (SSSR count). The van der Waals surface area contributed by atoms with Gasteiger partial charge in [0.2, 0.25) is 0 Å². The number of hydrogen-bond acceptors (Lipinski definition) is 4. The molecule has 0 radical (unpaired) electrons. The average Bonchev–Trinajstić information content (AvgIpc) is 3.20. The summed E-state index contributed by atoms with van der Waals surface area (Å²) >= 11 is 0. The highest BCUT2D eigenvalue weighted by Crippen LogP contribution is 2.31. The van der Waals surface area contributed by atoms with E-state index in [4.69, 9.17) is 9.47 Å². The molecule has 0 aliphatic heterocycles. The Morgan fingerprint density at radius 3 is 2.53 bits per heavy atom. The number of fused-ring (bicyclic) bond motifs is 1. The fraction of sp³-hybridized carbons (Fsp3) is 0.185. The fourth-order valence-electron chi connectivity index (χ4n) is 3.45. The van der Waals surface area contributed by atoms with Gasteiger partial charge >= 0.3 is 0 Å². The van der Waals surface area contributed by atoms with Crippen molar-refractivity contribution in [3.63, 3.8) is 0 Å². The van der Waals surface area contributed by atoms with Crippen molar-refractivity contribution in [3.05, 3.63) is 88.7 Å². The highest BCUT2D eigenvalue weighted by Gasteiger charge is 2.11. The molecule has 0 aliphatic carbocycles. The van der Waals surface area contributed by atoms with Gasteiger partial charge in [-0.25, -0.2) is 4.98 Å². The number of nitrogens with one attached hydrogen (secondary N) is 1. The average molecular weight is 424 g/mol. The predicted octanol–water partition coefficient (Wildman–Crippen LogP) is 6.22. The second-order valence-corrected chi connectivity index (χ2v) is 7.62. The Bertz CT molecular complexity index is 1280. The number of allylic oxidation sites excluding steroid dienone is 1. The normalized spacial score (nSPS) is 11.4. The maximum Gasteiger partial charge on any atom is 0.161 e. The molecule has 0 amide bonds. The van der Waals surface area contributed by atoms with Gasteiger partial charge in [0.1, 0.15) is 18.5 Å². The van der Waals surface area contributed by atoms with Gasteiger partial charge in [0.05, 0.1) is 23.2 Å². The van der Waals surface area contributed by atoms with Crippen molar-refractivity contribution in [2.75, 3.05) is 6.61 Å². The number of rotatable bonds is 7. The maximum absolute atomic E-state index is 9.78. The lowest BCUT2D eigenvalue weighted by Crippen LogP contribution is -2.00. The molecular weight excluding hydrogens is 398 g/mol. The minimum atomic E-state index is 0.455. The van der Waals surface area contributed by atoms with Gasteiger partial charge in [0.15, 0.2) is 11.5 Å². The zero-order valence-electron chi connectivity index (χ0n) is 18.5. The lowest BCUT2D eigenvalue weighted by molar-refractivity contribution is 0.269. The molecule has 3 aromatic carbocycles. The fourth-order valence-corrected chi connectivity index (χ4v) is 3.45. The van der Waals surface area contributed by atoms with E-state index in [1.54, 1.807) is 6.08 Å². The van der Waals surface area contributed by atoms with Crippen molar-refractivity contribution in [1.29, 1.82) is 5.26 Å². The summed E-state index contributed by atoms with van der Waals surface area (Å²) in [7, 11) is 0. The van der Waals surface area contributed by atoms with Gasteiger partial charge in [-0.15, -0.1) is 0 Å². The zero-order valence-corrected chi connectivity index (χ0v) is 18.5. The molecule has 0 bridgehead atoms. The van der Waals surface area contributed by atoms with Crippen LogP contribution in [0.2, 0.25) is 0 Å². The van der Waals surface area contributed by atoms with Gasteiger partial charge in [0.25, 0.3) is 0 Å². The van der Waals surface area contributed by atoms with Crippen LogP contribution < -0.4 is 9.47 Å². The molecule has 4 aromatic rings. The largest absolute Gasteiger partial charge is 0.490 e. The van der Waals surface area contributed by atoms with Gasteiger partial charge in [-0.1, -0.05) is 36.4 Å². The first-order valence-corrected chi connectivity index (χ1v) is 10.6. The Kier molecular flexibility index (Phi) is 6.23. The molecule has 1 N–H and O–H groups in total. The number of imidazole rings is 1. The number of nitrogens with zero attached hydrogens (tertiary/aromatic N) is 2. The maximum atomic E-state index is 9.78.